The van der Waals surface area contributed by atoms with Gasteiger partial charge in [0.2, 0.25) is 11.8 Å². The molecule has 0 aliphatic carbocycles. The van der Waals surface area contributed by atoms with Crippen molar-refractivity contribution >= 4 is 17.8 Å². The largest absolute Gasteiger partial charge is 0.355 e. The molecule has 130 valence electrons. The minimum Gasteiger partial charge on any atom is -0.355 e. The summed E-state index contributed by atoms with van der Waals surface area (Å²) in [4.78, 5) is 29.0. The van der Waals surface area contributed by atoms with Gasteiger partial charge in [0, 0.05) is 39.5 Å². The van der Waals surface area contributed by atoms with Crippen LogP contribution >= 0.6 is 0 Å². The summed E-state index contributed by atoms with van der Waals surface area (Å²) in [6, 6.07) is 6.35. The number of guanidine groups is 1. The van der Waals surface area contributed by atoms with E-state index in [9.17, 15) is 9.59 Å². The van der Waals surface area contributed by atoms with Crippen molar-refractivity contribution in [1.82, 2.24) is 15.5 Å². The molecule has 0 radical (unpaired) electrons. The van der Waals surface area contributed by atoms with E-state index in [1.54, 1.807) is 7.05 Å². The van der Waals surface area contributed by atoms with Crippen LogP contribution in [0.2, 0.25) is 0 Å². The van der Waals surface area contributed by atoms with Gasteiger partial charge in [-0.25, -0.2) is 0 Å². The second-order valence-corrected chi connectivity index (χ2v) is 6.08. The Morgan fingerprint density at radius 2 is 1.88 bits per heavy atom. The van der Waals surface area contributed by atoms with Gasteiger partial charge in [0.25, 0.3) is 0 Å². The number of aryl methyl sites for hydroxylation is 2. The molecule has 24 heavy (non-hydrogen) atoms. The van der Waals surface area contributed by atoms with Crippen LogP contribution in [0.3, 0.4) is 0 Å². The Hall–Kier alpha value is -2.37. The van der Waals surface area contributed by atoms with Crippen LogP contribution in [0.1, 0.15) is 36.0 Å². The summed E-state index contributed by atoms with van der Waals surface area (Å²) < 4.78 is 0. The number of nitrogens with one attached hydrogen (secondary N) is 2. The number of piperidine rings is 1. The third kappa shape index (κ3) is 4.81. The van der Waals surface area contributed by atoms with Gasteiger partial charge in [-0.15, -0.1) is 0 Å². The summed E-state index contributed by atoms with van der Waals surface area (Å²) in [6.07, 6.45) is 1.59. The highest BCUT2D eigenvalue weighted by Gasteiger charge is 2.25. The summed E-state index contributed by atoms with van der Waals surface area (Å²) in [6.45, 7) is 5.71. The predicted molar refractivity (Wildman–Crippen MR) is 94.7 cm³/mol. The molecule has 0 bridgehead atoms. The van der Waals surface area contributed by atoms with Gasteiger partial charge in [-0.3, -0.25) is 19.5 Å². The van der Waals surface area contributed by atoms with Crippen LogP contribution in [0.25, 0.3) is 0 Å². The van der Waals surface area contributed by atoms with Crippen LogP contribution < -0.4 is 10.6 Å². The van der Waals surface area contributed by atoms with Gasteiger partial charge in [-0.1, -0.05) is 23.8 Å². The maximum absolute atomic E-state index is 11.8. The fourth-order valence-electron chi connectivity index (χ4n) is 2.78. The minimum absolute atomic E-state index is 0.0775. The van der Waals surface area contributed by atoms with Crippen molar-refractivity contribution in [3.63, 3.8) is 0 Å². The monoisotopic (exact) mass is 330 g/mol. The molecule has 2 amide bonds. The number of benzene rings is 1. The highest BCUT2D eigenvalue weighted by atomic mass is 16.2. The smallest absolute Gasteiger partial charge is 0.229 e. The van der Waals surface area contributed by atoms with Gasteiger partial charge in [0.1, 0.15) is 0 Å². The second-order valence-electron chi connectivity index (χ2n) is 6.08. The second kappa shape index (κ2) is 8.47. The fraction of sp³-hybridized carbons (Fsp3) is 0.500. The first-order chi connectivity index (χ1) is 11.5. The van der Waals surface area contributed by atoms with Gasteiger partial charge in [-0.2, -0.15) is 0 Å². The molecule has 0 unspecified atom stereocenters. The van der Waals surface area contributed by atoms with E-state index in [1.165, 1.54) is 21.6 Å². The number of imide groups is 1. The Balaban J connectivity index is 1.80. The van der Waals surface area contributed by atoms with Crippen LogP contribution in [0.15, 0.2) is 23.2 Å². The fourth-order valence-corrected chi connectivity index (χ4v) is 2.78. The first kappa shape index (κ1) is 18.0. The standard InChI is InChI=1S/C18H26N4O2/c1-13-7-8-15(14(2)11-13)12-21-18(19-3)20-9-10-22-16(23)5-4-6-17(22)24/h7-8,11H,4-6,9-10,12H2,1-3H3,(H2,19,20,21). The number of rotatable bonds is 5. The summed E-state index contributed by atoms with van der Waals surface area (Å²) in [7, 11) is 1.70. The van der Waals surface area contributed by atoms with E-state index < -0.39 is 0 Å². The number of carbonyl (C=O) groups is 2. The Bertz CT molecular complexity index is 624. The summed E-state index contributed by atoms with van der Waals surface area (Å²) in [5.74, 6) is 0.504. The average Bonchev–Trinajstić information content (AvgIpc) is 2.54. The van der Waals surface area contributed by atoms with Crippen molar-refractivity contribution in [2.24, 2.45) is 4.99 Å². The number of amides is 2. The van der Waals surface area contributed by atoms with E-state index in [-0.39, 0.29) is 11.8 Å². The van der Waals surface area contributed by atoms with E-state index in [4.69, 9.17) is 0 Å². The van der Waals surface area contributed by atoms with Crippen LogP contribution in [0.5, 0.6) is 0 Å². The Morgan fingerprint density at radius 1 is 1.17 bits per heavy atom. The van der Waals surface area contributed by atoms with Crippen molar-refractivity contribution in [2.45, 2.75) is 39.7 Å². The van der Waals surface area contributed by atoms with Crippen molar-refractivity contribution in [3.05, 3.63) is 34.9 Å². The van der Waals surface area contributed by atoms with Crippen LogP contribution in [-0.4, -0.2) is 42.8 Å². The Kier molecular flexibility index (Phi) is 6.35. The number of carbonyl (C=O) groups excluding carboxylic acids is 2. The lowest BCUT2D eigenvalue weighted by atomic mass is 10.1. The molecule has 1 aromatic rings. The highest BCUT2D eigenvalue weighted by Crippen LogP contribution is 2.11. The molecule has 2 N–H and O–H groups in total. The number of hydrogen-bond donors (Lipinski definition) is 2. The van der Waals surface area contributed by atoms with Crippen molar-refractivity contribution in [2.75, 3.05) is 20.1 Å². The van der Waals surface area contributed by atoms with Crippen LogP contribution in [0, 0.1) is 13.8 Å². The molecular formula is C18H26N4O2. The molecule has 1 aromatic carbocycles. The molecule has 1 aliphatic rings. The summed E-state index contributed by atoms with van der Waals surface area (Å²) >= 11 is 0. The van der Waals surface area contributed by atoms with Crippen molar-refractivity contribution in [1.29, 1.82) is 0 Å². The topological polar surface area (TPSA) is 73.8 Å². The molecule has 0 saturated carbocycles. The summed E-state index contributed by atoms with van der Waals surface area (Å²) in [5, 5.41) is 6.41. The van der Waals surface area contributed by atoms with Crippen molar-refractivity contribution in [3.8, 4) is 0 Å². The third-order valence-corrected chi connectivity index (χ3v) is 4.18. The first-order valence-electron chi connectivity index (χ1n) is 8.35. The van der Waals surface area contributed by atoms with Gasteiger partial charge in [0.05, 0.1) is 0 Å². The number of nitrogens with zero attached hydrogens (tertiary/aromatic N) is 2. The lowest BCUT2D eigenvalue weighted by Crippen LogP contribution is -2.46. The van der Waals surface area contributed by atoms with Crippen LogP contribution in [0.4, 0.5) is 0 Å². The van der Waals surface area contributed by atoms with Crippen LogP contribution in [-0.2, 0) is 16.1 Å². The maximum atomic E-state index is 11.8. The molecule has 1 saturated heterocycles. The highest BCUT2D eigenvalue weighted by molar-refractivity contribution is 5.97. The SMILES string of the molecule is CN=C(NCCN1C(=O)CCCC1=O)NCc1ccc(C)cc1C. The zero-order valence-electron chi connectivity index (χ0n) is 14.7. The molecule has 1 fully saturated rings. The van der Waals surface area contributed by atoms with E-state index >= 15 is 0 Å². The molecule has 0 atom stereocenters. The molecule has 1 heterocycles. The molecule has 0 aromatic heterocycles. The molecule has 2 rings (SSSR count). The average molecular weight is 330 g/mol. The van der Waals surface area contributed by atoms with E-state index in [1.807, 2.05) is 0 Å². The van der Waals surface area contributed by atoms with E-state index in [0.29, 0.717) is 44.9 Å². The molecule has 6 heteroatoms. The third-order valence-electron chi connectivity index (χ3n) is 4.18. The van der Waals surface area contributed by atoms with Crippen molar-refractivity contribution < 1.29 is 9.59 Å². The predicted octanol–water partition coefficient (Wildman–Crippen LogP) is 1.51. The Morgan fingerprint density at radius 3 is 2.50 bits per heavy atom. The zero-order valence-corrected chi connectivity index (χ0v) is 14.7. The van der Waals surface area contributed by atoms with Gasteiger partial charge in [0.15, 0.2) is 5.96 Å². The minimum atomic E-state index is -0.0775. The quantitative estimate of drug-likeness (QED) is 0.487. The molecule has 0 spiro atoms. The molecule has 6 nitrogen and oxygen atoms in total. The maximum Gasteiger partial charge on any atom is 0.229 e. The Labute approximate surface area is 143 Å². The molecular weight excluding hydrogens is 304 g/mol. The normalized spacial score (nSPS) is 15.6. The first-order valence-corrected chi connectivity index (χ1v) is 8.35. The number of hydrogen-bond acceptors (Lipinski definition) is 3. The van der Waals surface area contributed by atoms with Gasteiger partial charge >= 0.3 is 0 Å². The van der Waals surface area contributed by atoms with E-state index in [2.05, 4.69) is 47.7 Å². The zero-order chi connectivity index (χ0) is 17.5. The lowest BCUT2D eigenvalue weighted by molar-refractivity contribution is -0.147. The van der Waals surface area contributed by atoms with Gasteiger partial charge < -0.3 is 10.6 Å². The number of likely N-dealkylation sites (tertiary alicyclic amines) is 1. The van der Waals surface area contributed by atoms with E-state index in [0.717, 1.165) is 0 Å². The number of aliphatic imine (C=N–C) groups is 1. The van der Waals surface area contributed by atoms with Gasteiger partial charge in [-0.05, 0) is 31.4 Å². The molecule has 1 aliphatic heterocycles. The summed E-state index contributed by atoms with van der Waals surface area (Å²) in [5.41, 5.74) is 3.70. The lowest BCUT2D eigenvalue weighted by Gasteiger charge is -2.25.